The third kappa shape index (κ3) is 3.19. The Morgan fingerprint density at radius 3 is 2.83 bits per heavy atom. The van der Waals surface area contributed by atoms with E-state index in [4.69, 9.17) is 23.2 Å². The summed E-state index contributed by atoms with van der Waals surface area (Å²) in [6.07, 6.45) is 3.69. The second-order valence-corrected chi connectivity index (χ2v) is 5.94. The van der Waals surface area contributed by atoms with Crippen LogP contribution in [-0.2, 0) is 13.6 Å². The number of aryl methyl sites for hydroxylation is 2. The minimum atomic E-state index is 0.743. The number of alkyl halides is 1. The van der Waals surface area contributed by atoms with Gasteiger partial charge in [-0.05, 0) is 38.6 Å². The van der Waals surface area contributed by atoms with Crippen LogP contribution in [0.3, 0.4) is 0 Å². The van der Waals surface area contributed by atoms with Crippen molar-refractivity contribution in [3.05, 3.63) is 16.4 Å². The molecule has 5 heteroatoms. The third-order valence-corrected chi connectivity index (χ3v) is 4.46. The summed E-state index contributed by atoms with van der Waals surface area (Å²) in [6.45, 7) is 5.24. The summed E-state index contributed by atoms with van der Waals surface area (Å²) < 4.78 is 1.76. The Bertz CT molecular complexity index is 401. The minimum Gasteiger partial charge on any atom is -0.299 e. The second kappa shape index (κ2) is 6.27. The summed E-state index contributed by atoms with van der Waals surface area (Å²) in [5, 5.41) is 5.14. The molecule has 0 bridgehead atoms. The van der Waals surface area contributed by atoms with Crippen LogP contribution in [0.1, 0.15) is 30.5 Å². The first-order chi connectivity index (χ1) is 8.61. The van der Waals surface area contributed by atoms with Gasteiger partial charge in [0.25, 0.3) is 0 Å². The molecule has 0 saturated carbocycles. The molecule has 18 heavy (non-hydrogen) atoms. The maximum Gasteiger partial charge on any atom is 0.131 e. The predicted molar refractivity (Wildman–Crippen MR) is 76.3 cm³/mol. The van der Waals surface area contributed by atoms with E-state index < -0.39 is 0 Å². The van der Waals surface area contributed by atoms with Gasteiger partial charge in [0.1, 0.15) is 5.15 Å². The minimum absolute atomic E-state index is 0.743. The molecular weight excluding hydrogens is 269 g/mol. The zero-order chi connectivity index (χ0) is 13.1. The van der Waals surface area contributed by atoms with Gasteiger partial charge in [0, 0.05) is 31.6 Å². The fraction of sp³-hybridized carbons (Fsp3) is 0.769. The average molecular weight is 290 g/mol. The Morgan fingerprint density at radius 1 is 1.44 bits per heavy atom. The second-order valence-electron chi connectivity index (χ2n) is 5.20. The van der Waals surface area contributed by atoms with Crippen LogP contribution in [0.4, 0.5) is 0 Å². The standard InChI is InChI=1S/C13H21Cl2N3/c1-10-12(13(15)17(2)16-10)9-18-7-3-4-11(8-18)5-6-14/h11H,3-9H2,1-2H3. The van der Waals surface area contributed by atoms with Gasteiger partial charge >= 0.3 is 0 Å². The average Bonchev–Trinajstić information content (AvgIpc) is 2.57. The molecule has 1 aromatic heterocycles. The first-order valence-corrected chi connectivity index (χ1v) is 7.49. The molecule has 0 aliphatic carbocycles. The number of likely N-dealkylation sites (tertiary alicyclic amines) is 1. The fourth-order valence-electron chi connectivity index (χ4n) is 2.76. The fourth-order valence-corrected chi connectivity index (χ4v) is 3.30. The summed E-state index contributed by atoms with van der Waals surface area (Å²) in [7, 11) is 1.89. The van der Waals surface area contributed by atoms with E-state index in [1.165, 1.54) is 18.4 Å². The smallest absolute Gasteiger partial charge is 0.131 e. The molecule has 1 saturated heterocycles. The van der Waals surface area contributed by atoms with Gasteiger partial charge in [-0.25, -0.2) is 0 Å². The van der Waals surface area contributed by atoms with Crippen LogP contribution in [0.25, 0.3) is 0 Å². The number of hydrogen-bond donors (Lipinski definition) is 0. The molecule has 0 amide bonds. The van der Waals surface area contributed by atoms with E-state index in [-0.39, 0.29) is 0 Å². The lowest BCUT2D eigenvalue weighted by Crippen LogP contribution is -2.35. The largest absolute Gasteiger partial charge is 0.299 e. The summed E-state index contributed by atoms with van der Waals surface area (Å²) >= 11 is 12.1. The van der Waals surface area contributed by atoms with Crippen molar-refractivity contribution >= 4 is 23.2 Å². The molecule has 2 heterocycles. The number of aromatic nitrogens is 2. The van der Waals surface area contributed by atoms with Crippen LogP contribution in [0.2, 0.25) is 5.15 Å². The lowest BCUT2D eigenvalue weighted by molar-refractivity contribution is 0.165. The van der Waals surface area contributed by atoms with E-state index in [2.05, 4.69) is 10.00 Å². The molecule has 3 nitrogen and oxygen atoms in total. The molecule has 2 rings (SSSR count). The van der Waals surface area contributed by atoms with Crippen LogP contribution >= 0.6 is 23.2 Å². The van der Waals surface area contributed by atoms with E-state index in [0.717, 1.165) is 48.7 Å². The molecule has 1 atom stereocenters. The lowest BCUT2D eigenvalue weighted by atomic mass is 9.95. The van der Waals surface area contributed by atoms with E-state index >= 15 is 0 Å². The number of rotatable bonds is 4. The van der Waals surface area contributed by atoms with Crippen LogP contribution in [0, 0.1) is 12.8 Å². The van der Waals surface area contributed by atoms with Crippen molar-refractivity contribution < 1.29 is 0 Å². The first kappa shape index (κ1) is 14.2. The zero-order valence-electron chi connectivity index (χ0n) is 11.1. The highest BCUT2D eigenvalue weighted by Crippen LogP contribution is 2.25. The molecule has 1 unspecified atom stereocenters. The van der Waals surface area contributed by atoms with Gasteiger partial charge in [-0.15, -0.1) is 11.6 Å². The summed E-state index contributed by atoms with van der Waals surface area (Å²) in [6, 6.07) is 0. The number of nitrogens with zero attached hydrogens (tertiary/aromatic N) is 3. The van der Waals surface area contributed by atoms with E-state index in [0.29, 0.717) is 0 Å². The van der Waals surface area contributed by atoms with Crippen molar-refractivity contribution in [2.75, 3.05) is 19.0 Å². The van der Waals surface area contributed by atoms with Crippen molar-refractivity contribution in [1.82, 2.24) is 14.7 Å². The lowest BCUT2D eigenvalue weighted by Gasteiger charge is -2.32. The maximum absolute atomic E-state index is 6.28. The van der Waals surface area contributed by atoms with Crippen molar-refractivity contribution in [3.8, 4) is 0 Å². The highest BCUT2D eigenvalue weighted by Gasteiger charge is 2.22. The highest BCUT2D eigenvalue weighted by atomic mass is 35.5. The van der Waals surface area contributed by atoms with Gasteiger partial charge in [0.05, 0.1) is 5.69 Å². The van der Waals surface area contributed by atoms with Crippen LogP contribution in [-0.4, -0.2) is 33.6 Å². The maximum atomic E-state index is 6.28. The summed E-state index contributed by atoms with van der Waals surface area (Å²) in [4.78, 5) is 2.48. The predicted octanol–water partition coefficient (Wildman–Crippen LogP) is 3.22. The van der Waals surface area contributed by atoms with Gasteiger partial charge in [-0.3, -0.25) is 9.58 Å². The molecule has 1 aliphatic rings. The normalized spacial score (nSPS) is 21.4. The molecule has 1 aliphatic heterocycles. The van der Waals surface area contributed by atoms with Crippen molar-refractivity contribution in [2.24, 2.45) is 13.0 Å². The Morgan fingerprint density at radius 2 is 2.22 bits per heavy atom. The van der Waals surface area contributed by atoms with E-state index in [1.807, 2.05) is 14.0 Å². The highest BCUT2D eigenvalue weighted by molar-refractivity contribution is 6.30. The molecule has 0 spiro atoms. The first-order valence-electron chi connectivity index (χ1n) is 6.58. The van der Waals surface area contributed by atoms with Crippen LogP contribution in [0.15, 0.2) is 0 Å². The molecule has 102 valence electrons. The van der Waals surface area contributed by atoms with Crippen molar-refractivity contribution in [1.29, 1.82) is 0 Å². The quantitative estimate of drug-likeness (QED) is 0.794. The molecule has 0 radical (unpaired) electrons. The molecule has 1 fully saturated rings. The van der Waals surface area contributed by atoms with Crippen LogP contribution in [0.5, 0.6) is 0 Å². The number of piperidine rings is 1. The van der Waals surface area contributed by atoms with Gasteiger partial charge in [-0.1, -0.05) is 11.6 Å². The van der Waals surface area contributed by atoms with Crippen LogP contribution < -0.4 is 0 Å². The Labute approximate surface area is 119 Å². The molecule has 0 N–H and O–H groups in total. The summed E-state index contributed by atoms with van der Waals surface area (Å²) in [5.41, 5.74) is 2.22. The van der Waals surface area contributed by atoms with Gasteiger partial charge in [0.15, 0.2) is 0 Å². The topological polar surface area (TPSA) is 21.1 Å². The SMILES string of the molecule is Cc1nn(C)c(Cl)c1CN1CCCC(CCCl)C1. The Kier molecular flexibility index (Phi) is 4.93. The Hall–Kier alpha value is -0.250. The molecular formula is C13H21Cl2N3. The third-order valence-electron chi connectivity index (χ3n) is 3.77. The number of hydrogen-bond acceptors (Lipinski definition) is 2. The van der Waals surface area contributed by atoms with Gasteiger partial charge in [-0.2, -0.15) is 5.10 Å². The zero-order valence-corrected chi connectivity index (χ0v) is 12.6. The molecule has 0 aromatic carbocycles. The van der Waals surface area contributed by atoms with E-state index in [9.17, 15) is 0 Å². The molecule has 1 aromatic rings. The van der Waals surface area contributed by atoms with E-state index in [1.54, 1.807) is 4.68 Å². The van der Waals surface area contributed by atoms with Crippen molar-refractivity contribution in [2.45, 2.75) is 32.7 Å². The monoisotopic (exact) mass is 289 g/mol. The summed E-state index contributed by atoms with van der Waals surface area (Å²) in [5.74, 6) is 1.51. The van der Waals surface area contributed by atoms with Crippen molar-refractivity contribution in [3.63, 3.8) is 0 Å². The van der Waals surface area contributed by atoms with Gasteiger partial charge in [0.2, 0.25) is 0 Å². The Balaban J connectivity index is 2.00. The van der Waals surface area contributed by atoms with Gasteiger partial charge < -0.3 is 0 Å². The number of halogens is 2.